The number of rotatable bonds is 11. The van der Waals surface area contributed by atoms with Crippen LogP contribution < -0.4 is 5.32 Å². The zero-order valence-corrected chi connectivity index (χ0v) is 22.5. The molecule has 1 heterocycles. The van der Waals surface area contributed by atoms with E-state index in [9.17, 15) is 14.4 Å². The number of ether oxygens (including phenoxy) is 2. The molecule has 3 atom stereocenters. The van der Waals surface area contributed by atoms with Gasteiger partial charge < -0.3 is 14.4 Å². The van der Waals surface area contributed by atoms with Crippen molar-refractivity contribution in [2.24, 2.45) is 0 Å². The Kier molecular flexibility index (Phi) is 9.86. The molecule has 0 fully saturated rings. The van der Waals surface area contributed by atoms with Crippen LogP contribution in [-0.2, 0) is 49.7 Å². The normalized spacial score (nSPS) is 16.1. The second-order valence-corrected chi connectivity index (χ2v) is 9.76. The average molecular weight is 529 g/mol. The first-order valence-corrected chi connectivity index (χ1v) is 13.5. The summed E-state index contributed by atoms with van der Waals surface area (Å²) in [7, 11) is 0. The molecule has 7 nitrogen and oxygen atoms in total. The Morgan fingerprint density at radius 2 is 1.51 bits per heavy atom. The first-order valence-electron chi connectivity index (χ1n) is 13.5. The van der Waals surface area contributed by atoms with Gasteiger partial charge in [-0.2, -0.15) is 0 Å². The molecular weight excluding hydrogens is 492 g/mol. The molecule has 1 aliphatic heterocycles. The Hall–Kier alpha value is -3.97. The van der Waals surface area contributed by atoms with Gasteiger partial charge in [-0.05, 0) is 48.9 Å². The van der Waals surface area contributed by atoms with E-state index in [-0.39, 0.29) is 24.9 Å². The molecule has 4 rings (SSSR count). The molecule has 1 N–H and O–H groups in total. The van der Waals surface area contributed by atoms with Crippen molar-refractivity contribution in [2.75, 3.05) is 6.61 Å². The highest BCUT2D eigenvalue weighted by molar-refractivity contribution is 5.84. The minimum Gasteiger partial charge on any atom is -0.465 e. The fraction of sp³-hybridized carbons (Fsp3) is 0.344. The van der Waals surface area contributed by atoms with Gasteiger partial charge in [0, 0.05) is 13.0 Å². The number of hydrogen-bond acceptors (Lipinski definition) is 6. The van der Waals surface area contributed by atoms with E-state index in [2.05, 4.69) is 5.32 Å². The van der Waals surface area contributed by atoms with Crippen LogP contribution in [0.25, 0.3) is 0 Å². The third-order valence-electron chi connectivity index (χ3n) is 6.90. The lowest BCUT2D eigenvalue weighted by atomic mass is 9.97. The quantitative estimate of drug-likeness (QED) is 0.375. The molecule has 39 heavy (non-hydrogen) atoms. The number of nitrogens with one attached hydrogen (secondary N) is 1. The lowest BCUT2D eigenvalue weighted by Crippen LogP contribution is -2.55. The van der Waals surface area contributed by atoms with Crippen LogP contribution in [0.3, 0.4) is 0 Å². The van der Waals surface area contributed by atoms with Crippen molar-refractivity contribution in [3.8, 4) is 0 Å². The maximum Gasteiger partial charge on any atom is 0.323 e. The molecule has 3 aromatic carbocycles. The fourth-order valence-electron chi connectivity index (χ4n) is 4.87. The molecule has 0 unspecified atom stereocenters. The Morgan fingerprint density at radius 3 is 2.18 bits per heavy atom. The third-order valence-corrected chi connectivity index (χ3v) is 6.90. The Labute approximate surface area is 230 Å². The smallest absolute Gasteiger partial charge is 0.323 e. The summed E-state index contributed by atoms with van der Waals surface area (Å²) in [6.07, 6.45) is 0.940. The molecular formula is C32H36N2O5. The highest BCUT2D eigenvalue weighted by Crippen LogP contribution is 2.25. The highest BCUT2D eigenvalue weighted by atomic mass is 16.6. The van der Waals surface area contributed by atoms with Gasteiger partial charge in [0.15, 0.2) is 6.23 Å². The molecule has 1 amide bonds. The summed E-state index contributed by atoms with van der Waals surface area (Å²) < 4.78 is 11.2. The molecule has 0 aromatic heterocycles. The van der Waals surface area contributed by atoms with Crippen LogP contribution in [0.1, 0.15) is 42.5 Å². The molecule has 7 heteroatoms. The predicted molar refractivity (Wildman–Crippen MR) is 149 cm³/mol. The van der Waals surface area contributed by atoms with Crippen molar-refractivity contribution in [2.45, 2.75) is 64.4 Å². The van der Waals surface area contributed by atoms with E-state index in [0.717, 1.165) is 22.3 Å². The van der Waals surface area contributed by atoms with Gasteiger partial charge in [-0.25, -0.2) is 0 Å². The van der Waals surface area contributed by atoms with Crippen LogP contribution in [-0.4, -0.2) is 47.7 Å². The van der Waals surface area contributed by atoms with E-state index in [1.54, 1.807) is 18.7 Å². The molecule has 1 aliphatic rings. The number of carbonyl (C=O) groups is 3. The van der Waals surface area contributed by atoms with E-state index in [4.69, 9.17) is 9.47 Å². The molecule has 3 aromatic rings. The summed E-state index contributed by atoms with van der Waals surface area (Å²) in [4.78, 5) is 41.0. The summed E-state index contributed by atoms with van der Waals surface area (Å²) in [5.41, 5.74) is 4.01. The number of carbonyl (C=O) groups excluding carboxylic acids is 3. The second kappa shape index (κ2) is 13.7. The van der Waals surface area contributed by atoms with E-state index in [0.29, 0.717) is 25.8 Å². The average Bonchev–Trinajstić information content (AvgIpc) is 2.95. The minimum absolute atomic E-state index is 0.124. The van der Waals surface area contributed by atoms with Gasteiger partial charge in [-0.15, -0.1) is 0 Å². The van der Waals surface area contributed by atoms with Crippen LogP contribution in [0.5, 0.6) is 0 Å². The summed E-state index contributed by atoms with van der Waals surface area (Å²) in [5.74, 6) is -1.02. The lowest BCUT2D eigenvalue weighted by molar-refractivity contribution is -0.167. The Bertz CT molecular complexity index is 1250. The van der Waals surface area contributed by atoms with Crippen molar-refractivity contribution in [3.05, 3.63) is 107 Å². The Morgan fingerprint density at radius 1 is 0.897 bits per heavy atom. The number of hydrogen-bond donors (Lipinski definition) is 1. The van der Waals surface area contributed by atoms with Gasteiger partial charge in [0.1, 0.15) is 6.04 Å². The lowest BCUT2D eigenvalue weighted by Gasteiger charge is -2.38. The number of amides is 1. The van der Waals surface area contributed by atoms with Gasteiger partial charge in [0.25, 0.3) is 0 Å². The van der Waals surface area contributed by atoms with Gasteiger partial charge in [0.05, 0.1) is 19.1 Å². The van der Waals surface area contributed by atoms with E-state index >= 15 is 0 Å². The van der Waals surface area contributed by atoms with Crippen LogP contribution in [0.15, 0.2) is 84.9 Å². The van der Waals surface area contributed by atoms with Crippen molar-refractivity contribution in [1.29, 1.82) is 0 Å². The summed E-state index contributed by atoms with van der Waals surface area (Å²) in [6.45, 7) is 4.08. The molecule has 0 saturated carbocycles. The SMILES string of the molecule is CCOC(=O)[C@H](CCc1ccccc1)N[C@@H](C)C(=O)N1Cc2ccccc2C[C@H]1OC(=O)Cc1ccccc1. The summed E-state index contributed by atoms with van der Waals surface area (Å²) in [5, 5.41) is 3.20. The highest BCUT2D eigenvalue weighted by Gasteiger charge is 2.36. The second-order valence-electron chi connectivity index (χ2n) is 9.76. The first-order chi connectivity index (χ1) is 18.9. The van der Waals surface area contributed by atoms with Crippen molar-refractivity contribution < 1.29 is 23.9 Å². The Balaban J connectivity index is 1.47. The third kappa shape index (κ3) is 7.77. The van der Waals surface area contributed by atoms with Gasteiger partial charge in [-0.1, -0.05) is 84.9 Å². The number of fused-ring (bicyclic) bond motifs is 1. The summed E-state index contributed by atoms with van der Waals surface area (Å²) >= 11 is 0. The minimum atomic E-state index is -0.738. The standard InChI is InChI=1S/C32H36N2O5/c1-3-38-32(37)28(19-18-24-12-6-4-7-13-24)33-23(2)31(36)34-22-27-17-11-10-16-26(27)21-29(34)39-30(35)20-25-14-8-5-9-15-25/h4-17,23,28-29,33H,3,18-22H2,1-2H3/t23-,28-,29+/m0/s1. The first kappa shape index (κ1) is 28.0. The number of aryl methyl sites for hydroxylation is 1. The molecule has 204 valence electrons. The largest absolute Gasteiger partial charge is 0.465 e. The number of benzene rings is 3. The fourth-order valence-corrected chi connectivity index (χ4v) is 4.87. The van der Waals surface area contributed by atoms with Crippen LogP contribution in [0, 0.1) is 0 Å². The topological polar surface area (TPSA) is 84.9 Å². The molecule has 0 saturated heterocycles. The van der Waals surface area contributed by atoms with Crippen LogP contribution >= 0.6 is 0 Å². The summed E-state index contributed by atoms with van der Waals surface area (Å²) in [6, 6.07) is 25.8. The van der Waals surface area contributed by atoms with Crippen LogP contribution in [0.2, 0.25) is 0 Å². The van der Waals surface area contributed by atoms with Gasteiger partial charge in [0.2, 0.25) is 5.91 Å². The monoisotopic (exact) mass is 528 g/mol. The van der Waals surface area contributed by atoms with E-state index in [1.165, 1.54) is 0 Å². The van der Waals surface area contributed by atoms with Crippen LogP contribution in [0.4, 0.5) is 0 Å². The molecule has 0 spiro atoms. The molecule has 0 aliphatic carbocycles. The van der Waals surface area contributed by atoms with Crippen molar-refractivity contribution in [3.63, 3.8) is 0 Å². The zero-order chi connectivity index (χ0) is 27.6. The van der Waals surface area contributed by atoms with Gasteiger partial charge in [-0.3, -0.25) is 19.7 Å². The van der Waals surface area contributed by atoms with Crippen molar-refractivity contribution >= 4 is 17.8 Å². The van der Waals surface area contributed by atoms with Crippen molar-refractivity contribution in [1.82, 2.24) is 10.2 Å². The molecule has 0 bridgehead atoms. The zero-order valence-electron chi connectivity index (χ0n) is 22.5. The molecule has 0 radical (unpaired) electrons. The number of nitrogens with zero attached hydrogens (tertiary/aromatic N) is 1. The maximum atomic E-state index is 13.8. The van der Waals surface area contributed by atoms with E-state index in [1.807, 2.05) is 84.9 Å². The predicted octanol–water partition coefficient (Wildman–Crippen LogP) is 4.23. The number of esters is 2. The maximum absolute atomic E-state index is 13.8. The van der Waals surface area contributed by atoms with E-state index < -0.39 is 24.3 Å². The van der Waals surface area contributed by atoms with Gasteiger partial charge >= 0.3 is 11.9 Å².